The number of hydrogen-bond donors (Lipinski definition) is 1. The molecule has 1 amide bonds. The summed E-state index contributed by atoms with van der Waals surface area (Å²) in [6.45, 7) is 0. The summed E-state index contributed by atoms with van der Waals surface area (Å²) in [6.07, 6.45) is 5.28. The predicted molar refractivity (Wildman–Crippen MR) is 77.0 cm³/mol. The van der Waals surface area contributed by atoms with Gasteiger partial charge in [-0.15, -0.1) is 11.8 Å². The van der Waals surface area contributed by atoms with Crippen LogP contribution in [0.15, 0.2) is 29.2 Å². The zero-order valence-electron chi connectivity index (χ0n) is 9.62. The Morgan fingerprint density at radius 3 is 2.76 bits per heavy atom. The molecule has 0 radical (unpaired) electrons. The molecule has 0 aliphatic heterocycles. The number of thioether (sulfide) groups is 1. The van der Waals surface area contributed by atoms with Gasteiger partial charge in [-0.3, -0.25) is 4.79 Å². The van der Waals surface area contributed by atoms with Crippen LogP contribution in [0.3, 0.4) is 0 Å². The van der Waals surface area contributed by atoms with Gasteiger partial charge in [-0.25, -0.2) is 0 Å². The SMILES string of the molecule is O=C(CBr)Nc1ccccc1SC1CCCC1. The van der Waals surface area contributed by atoms with Crippen molar-refractivity contribution < 1.29 is 4.79 Å². The van der Waals surface area contributed by atoms with Crippen LogP contribution in [0.1, 0.15) is 25.7 Å². The molecule has 92 valence electrons. The van der Waals surface area contributed by atoms with Crippen LogP contribution in [0.25, 0.3) is 0 Å². The topological polar surface area (TPSA) is 29.1 Å². The fourth-order valence-electron chi connectivity index (χ4n) is 2.04. The molecule has 1 fully saturated rings. The van der Waals surface area contributed by atoms with Gasteiger partial charge in [0, 0.05) is 10.1 Å². The number of halogens is 1. The number of hydrogen-bond acceptors (Lipinski definition) is 2. The maximum absolute atomic E-state index is 11.4. The van der Waals surface area contributed by atoms with E-state index in [2.05, 4.69) is 27.3 Å². The molecule has 1 aliphatic rings. The van der Waals surface area contributed by atoms with E-state index in [0.29, 0.717) is 5.33 Å². The Labute approximate surface area is 115 Å². The van der Waals surface area contributed by atoms with Gasteiger partial charge < -0.3 is 5.32 Å². The fourth-order valence-corrected chi connectivity index (χ4v) is 3.51. The van der Waals surface area contributed by atoms with Crippen molar-refractivity contribution in [3.05, 3.63) is 24.3 Å². The molecule has 1 N–H and O–H groups in total. The van der Waals surface area contributed by atoms with E-state index >= 15 is 0 Å². The highest BCUT2D eigenvalue weighted by Gasteiger charge is 2.17. The first-order chi connectivity index (χ1) is 8.29. The molecular formula is C13H16BrNOS. The number of para-hydroxylation sites is 1. The molecule has 0 unspecified atom stereocenters. The molecule has 0 heterocycles. The third kappa shape index (κ3) is 3.75. The molecule has 1 aromatic rings. The highest BCUT2D eigenvalue weighted by atomic mass is 79.9. The van der Waals surface area contributed by atoms with Crippen molar-refractivity contribution in [3.63, 3.8) is 0 Å². The number of benzene rings is 1. The van der Waals surface area contributed by atoms with E-state index in [1.807, 2.05) is 30.0 Å². The Balaban J connectivity index is 2.06. The first-order valence-corrected chi connectivity index (χ1v) is 7.91. The minimum atomic E-state index is 0.00414. The van der Waals surface area contributed by atoms with Gasteiger partial charge in [-0.05, 0) is 25.0 Å². The first-order valence-electron chi connectivity index (χ1n) is 5.91. The number of anilines is 1. The van der Waals surface area contributed by atoms with Crippen molar-refractivity contribution in [1.82, 2.24) is 0 Å². The van der Waals surface area contributed by atoms with E-state index < -0.39 is 0 Å². The number of carbonyl (C=O) groups is 1. The van der Waals surface area contributed by atoms with E-state index in [9.17, 15) is 4.79 Å². The van der Waals surface area contributed by atoms with E-state index in [-0.39, 0.29) is 5.91 Å². The van der Waals surface area contributed by atoms with Crippen LogP contribution in [-0.2, 0) is 4.79 Å². The highest BCUT2D eigenvalue weighted by Crippen LogP contribution is 2.37. The Morgan fingerprint density at radius 1 is 1.35 bits per heavy atom. The molecule has 0 spiro atoms. The summed E-state index contributed by atoms with van der Waals surface area (Å²) >= 11 is 5.07. The van der Waals surface area contributed by atoms with Crippen LogP contribution in [0, 0.1) is 0 Å². The van der Waals surface area contributed by atoms with Gasteiger partial charge in [0.1, 0.15) is 0 Å². The van der Waals surface area contributed by atoms with Crippen molar-refractivity contribution >= 4 is 39.3 Å². The number of amides is 1. The molecule has 2 nitrogen and oxygen atoms in total. The number of nitrogens with one attached hydrogen (secondary N) is 1. The van der Waals surface area contributed by atoms with Crippen LogP contribution in [0.2, 0.25) is 0 Å². The van der Waals surface area contributed by atoms with Gasteiger partial charge in [0.25, 0.3) is 0 Å². The summed E-state index contributed by atoms with van der Waals surface area (Å²) < 4.78 is 0. The second-order valence-electron chi connectivity index (χ2n) is 4.20. The predicted octanol–water partition coefficient (Wildman–Crippen LogP) is 4.05. The molecular weight excluding hydrogens is 298 g/mol. The number of carbonyl (C=O) groups excluding carboxylic acids is 1. The Hall–Kier alpha value is -0.480. The summed E-state index contributed by atoms with van der Waals surface area (Å²) in [7, 11) is 0. The Kier molecular flexibility index (Phi) is 4.92. The second-order valence-corrected chi connectivity index (χ2v) is 6.11. The fraction of sp³-hybridized carbons (Fsp3) is 0.462. The van der Waals surface area contributed by atoms with E-state index in [1.54, 1.807) is 0 Å². The Bertz CT molecular complexity index is 391. The average Bonchev–Trinajstić information content (AvgIpc) is 2.84. The molecule has 0 aromatic heterocycles. The van der Waals surface area contributed by atoms with E-state index in [0.717, 1.165) is 10.9 Å². The minimum Gasteiger partial charge on any atom is -0.324 e. The zero-order chi connectivity index (χ0) is 12.1. The smallest absolute Gasteiger partial charge is 0.235 e. The standard InChI is InChI=1S/C13H16BrNOS/c14-9-13(16)15-11-7-3-4-8-12(11)17-10-5-1-2-6-10/h3-4,7-8,10H,1-2,5-6,9H2,(H,15,16). The molecule has 0 atom stereocenters. The summed E-state index contributed by atoms with van der Waals surface area (Å²) in [5.41, 5.74) is 0.939. The molecule has 0 saturated heterocycles. The summed E-state index contributed by atoms with van der Waals surface area (Å²) in [4.78, 5) is 12.6. The average molecular weight is 314 g/mol. The normalized spacial score (nSPS) is 16.1. The quantitative estimate of drug-likeness (QED) is 0.849. The van der Waals surface area contributed by atoms with Crippen molar-refractivity contribution in [3.8, 4) is 0 Å². The number of rotatable bonds is 4. The van der Waals surface area contributed by atoms with E-state index in [1.165, 1.54) is 30.6 Å². The first kappa shape index (κ1) is 13.0. The molecule has 17 heavy (non-hydrogen) atoms. The lowest BCUT2D eigenvalue weighted by Crippen LogP contribution is -2.13. The zero-order valence-corrected chi connectivity index (χ0v) is 12.0. The highest BCUT2D eigenvalue weighted by molar-refractivity contribution is 9.09. The number of alkyl halides is 1. The van der Waals surface area contributed by atoms with Crippen LogP contribution < -0.4 is 5.32 Å². The van der Waals surface area contributed by atoms with Gasteiger partial charge in [0.2, 0.25) is 5.91 Å². The third-order valence-electron chi connectivity index (χ3n) is 2.88. The molecule has 2 rings (SSSR count). The monoisotopic (exact) mass is 313 g/mol. The lowest BCUT2D eigenvalue weighted by atomic mass is 10.3. The second kappa shape index (κ2) is 6.45. The van der Waals surface area contributed by atoms with Crippen molar-refractivity contribution in [2.24, 2.45) is 0 Å². The third-order valence-corrected chi connectivity index (χ3v) is 4.80. The maximum Gasteiger partial charge on any atom is 0.235 e. The van der Waals surface area contributed by atoms with Crippen LogP contribution >= 0.6 is 27.7 Å². The largest absolute Gasteiger partial charge is 0.324 e. The van der Waals surface area contributed by atoms with Crippen molar-refractivity contribution in [1.29, 1.82) is 0 Å². The van der Waals surface area contributed by atoms with Gasteiger partial charge in [-0.2, -0.15) is 0 Å². The molecule has 1 aliphatic carbocycles. The molecule has 1 saturated carbocycles. The summed E-state index contributed by atoms with van der Waals surface area (Å²) in [6, 6.07) is 8.05. The van der Waals surface area contributed by atoms with Crippen LogP contribution in [0.4, 0.5) is 5.69 Å². The van der Waals surface area contributed by atoms with Gasteiger partial charge >= 0.3 is 0 Å². The van der Waals surface area contributed by atoms with Crippen molar-refractivity contribution in [2.75, 3.05) is 10.6 Å². The lowest BCUT2D eigenvalue weighted by Gasteiger charge is -2.13. The molecule has 4 heteroatoms. The summed E-state index contributed by atoms with van der Waals surface area (Å²) in [5, 5.41) is 3.99. The molecule has 0 bridgehead atoms. The van der Waals surface area contributed by atoms with Crippen LogP contribution in [0.5, 0.6) is 0 Å². The van der Waals surface area contributed by atoms with Gasteiger partial charge in [0.15, 0.2) is 0 Å². The van der Waals surface area contributed by atoms with E-state index in [4.69, 9.17) is 0 Å². The minimum absolute atomic E-state index is 0.00414. The van der Waals surface area contributed by atoms with Gasteiger partial charge in [-0.1, -0.05) is 40.9 Å². The Morgan fingerprint density at radius 2 is 2.06 bits per heavy atom. The summed E-state index contributed by atoms with van der Waals surface area (Å²) in [5.74, 6) is 0.00414. The lowest BCUT2D eigenvalue weighted by molar-refractivity contribution is -0.113. The maximum atomic E-state index is 11.4. The van der Waals surface area contributed by atoms with Crippen LogP contribution in [-0.4, -0.2) is 16.5 Å². The van der Waals surface area contributed by atoms with Gasteiger partial charge in [0.05, 0.1) is 11.0 Å². The van der Waals surface area contributed by atoms with Crippen molar-refractivity contribution in [2.45, 2.75) is 35.8 Å². The molecule has 1 aromatic carbocycles.